The molecule has 0 amide bonds. The van der Waals surface area contributed by atoms with Crippen LogP contribution in [0.4, 0.5) is 11.9 Å². The van der Waals surface area contributed by atoms with Crippen LogP contribution in [0.5, 0.6) is 0 Å². The van der Waals surface area contributed by atoms with Gasteiger partial charge in [0.05, 0.1) is 23.9 Å². The van der Waals surface area contributed by atoms with E-state index < -0.39 is 0 Å². The predicted molar refractivity (Wildman–Crippen MR) is 135 cm³/mol. The first-order valence-electron chi connectivity index (χ1n) is 11.6. The lowest BCUT2D eigenvalue weighted by Gasteiger charge is -2.34. The van der Waals surface area contributed by atoms with Crippen molar-refractivity contribution in [3.8, 4) is 6.07 Å². The van der Waals surface area contributed by atoms with Gasteiger partial charge in [-0.25, -0.2) is 0 Å². The lowest BCUT2D eigenvalue weighted by atomic mass is 10.2. The number of nitrogens with zero attached hydrogens (tertiary/aromatic N) is 7. The van der Waals surface area contributed by atoms with Gasteiger partial charge in [0.15, 0.2) is 5.82 Å². The van der Waals surface area contributed by atoms with Crippen molar-refractivity contribution in [1.82, 2.24) is 25.2 Å². The highest BCUT2D eigenvalue weighted by Crippen LogP contribution is 2.34. The van der Waals surface area contributed by atoms with Gasteiger partial charge in [-0.3, -0.25) is 0 Å². The van der Waals surface area contributed by atoms with Crippen LogP contribution in [-0.4, -0.2) is 78.9 Å². The van der Waals surface area contributed by atoms with E-state index in [0.29, 0.717) is 36.5 Å². The average molecular weight is 477 g/mol. The van der Waals surface area contributed by atoms with E-state index >= 15 is 0 Å². The Morgan fingerprint density at radius 3 is 2.32 bits per heavy atom. The summed E-state index contributed by atoms with van der Waals surface area (Å²) in [5.41, 5.74) is 2.46. The fraction of sp³-hybridized carbons (Fsp3) is 0.417. The molecule has 3 aliphatic heterocycles. The number of piperazine rings is 1. The zero-order valence-electron chi connectivity index (χ0n) is 19.3. The molecule has 1 aromatic heterocycles. The van der Waals surface area contributed by atoms with Gasteiger partial charge in [0.2, 0.25) is 11.9 Å². The third kappa shape index (κ3) is 4.87. The number of hydrogen-bond acceptors (Lipinski definition) is 10. The molecule has 0 bridgehead atoms. The number of ether oxygens (including phenoxy) is 1. The first kappa shape index (κ1) is 22.7. The first-order chi connectivity index (χ1) is 16.7. The second-order valence-electron chi connectivity index (χ2n) is 8.24. The number of morpholine rings is 1. The van der Waals surface area contributed by atoms with Crippen molar-refractivity contribution < 1.29 is 4.74 Å². The highest BCUT2D eigenvalue weighted by molar-refractivity contribution is 8.06. The standard InChI is InChI=1S/C24H28N8OS/c1-2-30-8-10-31(11-9-30)23-27-21(28-24(29-23)32-12-14-33-15-13-32)19(16-25)22-26-20(17-34-22)18-6-4-3-5-7-18/h3-7,17,26H,2,8-15H2,1H3. The Hall–Kier alpha value is -3.13. The van der Waals surface area contributed by atoms with Gasteiger partial charge in [-0.1, -0.05) is 49.0 Å². The van der Waals surface area contributed by atoms with Crippen molar-refractivity contribution in [1.29, 1.82) is 5.26 Å². The van der Waals surface area contributed by atoms with E-state index in [-0.39, 0.29) is 0 Å². The van der Waals surface area contributed by atoms with Crippen LogP contribution in [-0.2, 0) is 4.74 Å². The number of nitriles is 1. The summed E-state index contributed by atoms with van der Waals surface area (Å²) in [6, 6.07) is 12.4. The Bertz CT molecular complexity index is 1120. The van der Waals surface area contributed by atoms with E-state index in [0.717, 1.165) is 62.1 Å². The highest BCUT2D eigenvalue weighted by Gasteiger charge is 2.25. The zero-order valence-corrected chi connectivity index (χ0v) is 20.1. The SMILES string of the molecule is CCN1CCN(c2nc(C(C#N)=C3NC(c4ccccc4)=CS3)nc(N3CCOCC3)n2)CC1. The van der Waals surface area contributed by atoms with Crippen LogP contribution in [0, 0.1) is 11.3 Å². The smallest absolute Gasteiger partial charge is 0.230 e. The van der Waals surface area contributed by atoms with Crippen LogP contribution in [0.2, 0.25) is 0 Å². The lowest BCUT2D eigenvalue weighted by Crippen LogP contribution is -2.47. The van der Waals surface area contributed by atoms with Crippen LogP contribution in [0.3, 0.4) is 0 Å². The van der Waals surface area contributed by atoms with Gasteiger partial charge < -0.3 is 24.8 Å². The Morgan fingerprint density at radius 2 is 1.68 bits per heavy atom. The molecule has 0 aliphatic carbocycles. The minimum absolute atomic E-state index is 0.407. The summed E-state index contributed by atoms with van der Waals surface area (Å²) in [6.07, 6.45) is 0. The van der Waals surface area contributed by atoms with Crippen molar-refractivity contribution in [3.63, 3.8) is 0 Å². The molecule has 2 aromatic rings. The number of benzene rings is 1. The lowest BCUT2D eigenvalue weighted by molar-refractivity contribution is 0.122. The maximum absolute atomic E-state index is 10.1. The normalized spacial score (nSPS) is 20.5. The summed E-state index contributed by atoms with van der Waals surface area (Å²) < 4.78 is 5.52. The van der Waals surface area contributed by atoms with Crippen molar-refractivity contribution >= 4 is 34.9 Å². The molecule has 10 heteroatoms. The zero-order chi connectivity index (χ0) is 23.3. The molecule has 2 fully saturated rings. The molecule has 3 aliphatic rings. The van der Waals surface area contributed by atoms with Crippen molar-refractivity contribution in [2.75, 3.05) is 68.8 Å². The summed E-state index contributed by atoms with van der Waals surface area (Å²) >= 11 is 1.49. The molecular formula is C24H28N8OS. The fourth-order valence-electron chi connectivity index (χ4n) is 4.16. The molecule has 4 heterocycles. The molecule has 5 rings (SSSR count). The van der Waals surface area contributed by atoms with Crippen molar-refractivity contribution in [2.24, 2.45) is 0 Å². The molecule has 2 saturated heterocycles. The molecule has 1 N–H and O–H groups in total. The van der Waals surface area contributed by atoms with Gasteiger partial charge in [-0.05, 0) is 12.1 Å². The Morgan fingerprint density at radius 1 is 1.00 bits per heavy atom. The van der Waals surface area contributed by atoms with E-state index in [1.165, 1.54) is 11.8 Å². The van der Waals surface area contributed by atoms with Crippen LogP contribution in [0.25, 0.3) is 11.3 Å². The number of likely N-dealkylation sites (N-methyl/N-ethyl adjacent to an activating group) is 1. The van der Waals surface area contributed by atoms with E-state index in [1.807, 2.05) is 35.7 Å². The summed E-state index contributed by atoms with van der Waals surface area (Å²) in [5.74, 6) is 1.65. The van der Waals surface area contributed by atoms with Gasteiger partial charge in [-0.2, -0.15) is 20.2 Å². The number of allylic oxidation sites excluding steroid dienone is 1. The van der Waals surface area contributed by atoms with Crippen LogP contribution in [0.15, 0.2) is 40.8 Å². The second-order valence-corrected chi connectivity index (χ2v) is 9.12. The van der Waals surface area contributed by atoms with E-state index in [4.69, 9.17) is 19.7 Å². The number of anilines is 2. The van der Waals surface area contributed by atoms with E-state index in [9.17, 15) is 5.26 Å². The minimum Gasteiger partial charge on any atom is -0.378 e. The molecule has 0 radical (unpaired) electrons. The second kappa shape index (κ2) is 10.4. The molecule has 34 heavy (non-hydrogen) atoms. The largest absolute Gasteiger partial charge is 0.378 e. The van der Waals surface area contributed by atoms with Crippen molar-refractivity contribution in [3.05, 3.63) is 52.2 Å². The first-order valence-corrected chi connectivity index (χ1v) is 12.5. The number of thioether (sulfide) groups is 1. The average Bonchev–Trinajstić information content (AvgIpc) is 3.40. The third-order valence-electron chi connectivity index (χ3n) is 6.20. The molecule has 1 aromatic carbocycles. The summed E-state index contributed by atoms with van der Waals surface area (Å²) in [5, 5.41) is 16.3. The van der Waals surface area contributed by atoms with Crippen LogP contribution in [0.1, 0.15) is 18.3 Å². The van der Waals surface area contributed by atoms with E-state index in [1.54, 1.807) is 0 Å². The van der Waals surface area contributed by atoms with Gasteiger partial charge in [0.1, 0.15) is 11.6 Å². The van der Waals surface area contributed by atoms with Gasteiger partial charge in [-0.15, -0.1) is 0 Å². The van der Waals surface area contributed by atoms with Crippen molar-refractivity contribution in [2.45, 2.75) is 6.92 Å². The molecule has 0 spiro atoms. The number of aromatic nitrogens is 3. The predicted octanol–water partition coefficient (Wildman–Crippen LogP) is 2.38. The topological polar surface area (TPSA) is 93.4 Å². The maximum Gasteiger partial charge on any atom is 0.230 e. The summed E-state index contributed by atoms with van der Waals surface area (Å²) in [4.78, 5) is 21.1. The number of nitrogens with one attached hydrogen (secondary N) is 1. The Kier molecular flexibility index (Phi) is 6.94. The van der Waals surface area contributed by atoms with Gasteiger partial charge >= 0.3 is 0 Å². The summed E-state index contributed by atoms with van der Waals surface area (Å²) in [6.45, 7) is 9.59. The summed E-state index contributed by atoms with van der Waals surface area (Å²) in [7, 11) is 0. The maximum atomic E-state index is 10.1. The molecular weight excluding hydrogens is 448 g/mol. The number of hydrogen-bond donors (Lipinski definition) is 1. The molecule has 0 unspecified atom stereocenters. The number of rotatable bonds is 5. The van der Waals surface area contributed by atoms with Crippen LogP contribution >= 0.6 is 11.8 Å². The monoisotopic (exact) mass is 476 g/mol. The molecule has 0 atom stereocenters. The highest BCUT2D eigenvalue weighted by atomic mass is 32.2. The quantitative estimate of drug-likeness (QED) is 0.648. The van der Waals surface area contributed by atoms with E-state index in [2.05, 4.69) is 33.0 Å². The third-order valence-corrected chi connectivity index (χ3v) is 7.09. The molecule has 176 valence electrons. The minimum atomic E-state index is 0.407. The van der Waals surface area contributed by atoms with Crippen LogP contribution < -0.4 is 15.1 Å². The Balaban J connectivity index is 1.48. The molecule has 0 saturated carbocycles. The fourth-order valence-corrected chi connectivity index (χ4v) is 5.01. The molecule has 9 nitrogen and oxygen atoms in total. The van der Waals surface area contributed by atoms with Gasteiger partial charge in [0.25, 0.3) is 0 Å². The Labute approximate surface area is 204 Å². The van der Waals surface area contributed by atoms with Gasteiger partial charge in [0, 0.05) is 44.7 Å².